The average molecular weight is 392 g/mol. The number of nitrogens with zero attached hydrogens (tertiary/aromatic N) is 2. The normalized spacial score (nSPS) is 26.9. The predicted molar refractivity (Wildman–Crippen MR) is 111 cm³/mol. The second-order valence-electron chi connectivity index (χ2n) is 8.41. The van der Waals surface area contributed by atoms with Gasteiger partial charge >= 0.3 is 0 Å². The molecule has 3 atom stereocenters. The SMILES string of the molecule is CC1Oc2ccccc2OC1C(=O)N1CCN(C2CC2)CC1Cc1ccccc1. The van der Waals surface area contributed by atoms with Gasteiger partial charge in [0.1, 0.15) is 6.10 Å². The Balaban J connectivity index is 1.36. The largest absolute Gasteiger partial charge is 0.482 e. The van der Waals surface area contributed by atoms with Crippen LogP contribution in [-0.2, 0) is 11.2 Å². The minimum absolute atomic E-state index is 0.0448. The van der Waals surface area contributed by atoms with Gasteiger partial charge in [-0.3, -0.25) is 9.69 Å². The lowest BCUT2D eigenvalue weighted by Crippen LogP contribution is -2.61. The Labute approximate surface area is 172 Å². The van der Waals surface area contributed by atoms with E-state index in [1.165, 1.54) is 18.4 Å². The molecular formula is C24H28N2O3. The molecule has 2 aromatic rings. The molecule has 3 aliphatic rings. The van der Waals surface area contributed by atoms with E-state index >= 15 is 0 Å². The number of para-hydroxylation sites is 2. The molecule has 5 heteroatoms. The number of carbonyl (C=O) groups excluding carboxylic acids is 1. The molecule has 0 bridgehead atoms. The summed E-state index contributed by atoms with van der Waals surface area (Å²) in [4.78, 5) is 18.2. The molecule has 5 nitrogen and oxygen atoms in total. The van der Waals surface area contributed by atoms with Gasteiger partial charge in [0, 0.05) is 31.7 Å². The lowest BCUT2D eigenvalue weighted by atomic mass is 10.00. The molecule has 0 radical (unpaired) electrons. The van der Waals surface area contributed by atoms with E-state index in [2.05, 4.69) is 29.2 Å². The molecule has 1 aliphatic carbocycles. The molecule has 0 aromatic heterocycles. The number of amides is 1. The fraction of sp³-hybridized carbons (Fsp3) is 0.458. The number of benzene rings is 2. The van der Waals surface area contributed by atoms with Gasteiger partial charge in [-0.15, -0.1) is 0 Å². The molecule has 2 heterocycles. The topological polar surface area (TPSA) is 42.0 Å². The molecule has 0 spiro atoms. The Morgan fingerprint density at radius 2 is 1.66 bits per heavy atom. The first-order chi connectivity index (χ1) is 14.2. The van der Waals surface area contributed by atoms with Crippen LogP contribution >= 0.6 is 0 Å². The van der Waals surface area contributed by atoms with Crippen LogP contribution in [0, 0.1) is 0 Å². The van der Waals surface area contributed by atoms with Crippen LogP contribution in [-0.4, -0.2) is 59.6 Å². The maximum atomic E-state index is 13.6. The lowest BCUT2D eigenvalue weighted by molar-refractivity contribution is -0.149. The molecule has 2 fully saturated rings. The van der Waals surface area contributed by atoms with E-state index in [9.17, 15) is 4.79 Å². The summed E-state index contributed by atoms with van der Waals surface area (Å²) < 4.78 is 12.1. The second-order valence-corrected chi connectivity index (χ2v) is 8.41. The molecule has 1 amide bonds. The van der Waals surface area contributed by atoms with Gasteiger partial charge in [-0.2, -0.15) is 0 Å². The number of piperazine rings is 1. The van der Waals surface area contributed by atoms with Crippen LogP contribution in [0.4, 0.5) is 0 Å². The van der Waals surface area contributed by atoms with Gasteiger partial charge in [0.15, 0.2) is 11.5 Å². The Hall–Kier alpha value is -2.53. The highest BCUT2D eigenvalue weighted by Gasteiger charge is 2.42. The zero-order valence-corrected chi connectivity index (χ0v) is 16.9. The van der Waals surface area contributed by atoms with Gasteiger partial charge < -0.3 is 14.4 Å². The summed E-state index contributed by atoms with van der Waals surface area (Å²) in [6.45, 7) is 4.55. The van der Waals surface area contributed by atoms with Crippen molar-refractivity contribution in [3.63, 3.8) is 0 Å². The fourth-order valence-corrected chi connectivity index (χ4v) is 4.56. The van der Waals surface area contributed by atoms with Crippen molar-refractivity contribution < 1.29 is 14.3 Å². The maximum absolute atomic E-state index is 13.6. The van der Waals surface area contributed by atoms with Gasteiger partial charge in [0.2, 0.25) is 6.10 Å². The molecular weight excluding hydrogens is 364 g/mol. The third-order valence-corrected chi connectivity index (χ3v) is 6.26. The first-order valence-electron chi connectivity index (χ1n) is 10.7. The summed E-state index contributed by atoms with van der Waals surface area (Å²) in [5.41, 5.74) is 1.27. The van der Waals surface area contributed by atoms with Gasteiger partial charge in [-0.1, -0.05) is 42.5 Å². The molecule has 29 heavy (non-hydrogen) atoms. The highest BCUT2D eigenvalue weighted by Crippen LogP contribution is 2.35. The minimum Gasteiger partial charge on any atom is -0.482 e. The summed E-state index contributed by atoms with van der Waals surface area (Å²) in [5.74, 6) is 1.41. The van der Waals surface area contributed by atoms with Crippen molar-refractivity contribution in [1.82, 2.24) is 9.80 Å². The zero-order valence-electron chi connectivity index (χ0n) is 16.9. The van der Waals surface area contributed by atoms with E-state index < -0.39 is 6.10 Å². The number of ether oxygens (including phenoxy) is 2. The third kappa shape index (κ3) is 3.84. The van der Waals surface area contributed by atoms with Crippen molar-refractivity contribution >= 4 is 5.91 Å². The van der Waals surface area contributed by atoms with Crippen LogP contribution in [0.15, 0.2) is 54.6 Å². The van der Waals surface area contributed by atoms with Crippen LogP contribution in [0.3, 0.4) is 0 Å². The average Bonchev–Trinajstić information content (AvgIpc) is 3.59. The number of hydrogen-bond acceptors (Lipinski definition) is 4. The third-order valence-electron chi connectivity index (χ3n) is 6.26. The van der Waals surface area contributed by atoms with Crippen LogP contribution in [0.25, 0.3) is 0 Å². The van der Waals surface area contributed by atoms with Crippen LogP contribution in [0.2, 0.25) is 0 Å². The van der Waals surface area contributed by atoms with Gasteiger partial charge in [0.25, 0.3) is 5.91 Å². The van der Waals surface area contributed by atoms with Crippen molar-refractivity contribution in [2.24, 2.45) is 0 Å². The summed E-state index contributed by atoms with van der Waals surface area (Å²) in [5, 5.41) is 0. The number of carbonyl (C=O) groups is 1. The molecule has 0 N–H and O–H groups in total. The van der Waals surface area contributed by atoms with Gasteiger partial charge in [-0.25, -0.2) is 0 Å². The molecule has 1 saturated heterocycles. The summed E-state index contributed by atoms with van der Waals surface area (Å²) in [6.07, 6.45) is 2.54. The standard InChI is InChI=1S/C24H28N2O3/c1-17-23(29-22-10-6-5-9-21(22)28-17)24(27)26-14-13-25(19-11-12-19)16-20(26)15-18-7-3-2-4-8-18/h2-10,17,19-20,23H,11-16H2,1H3. The Bertz CT molecular complexity index is 867. The summed E-state index contributed by atoms with van der Waals surface area (Å²) in [7, 11) is 0. The van der Waals surface area contributed by atoms with Gasteiger partial charge in [0.05, 0.1) is 0 Å². The smallest absolute Gasteiger partial charge is 0.267 e. The van der Waals surface area contributed by atoms with E-state index in [0.717, 1.165) is 26.1 Å². The van der Waals surface area contributed by atoms with E-state index in [-0.39, 0.29) is 18.1 Å². The van der Waals surface area contributed by atoms with E-state index in [1.54, 1.807) is 0 Å². The Morgan fingerprint density at radius 3 is 2.38 bits per heavy atom. The van der Waals surface area contributed by atoms with E-state index in [1.807, 2.05) is 42.2 Å². The zero-order chi connectivity index (χ0) is 19.8. The van der Waals surface area contributed by atoms with Gasteiger partial charge in [-0.05, 0) is 43.9 Å². The maximum Gasteiger partial charge on any atom is 0.267 e. The van der Waals surface area contributed by atoms with Crippen LogP contribution in [0.5, 0.6) is 11.5 Å². The van der Waals surface area contributed by atoms with E-state index in [0.29, 0.717) is 17.5 Å². The van der Waals surface area contributed by atoms with E-state index in [4.69, 9.17) is 9.47 Å². The van der Waals surface area contributed by atoms with Crippen LogP contribution in [0.1, 0.15) is 25.3 Å². The molecule has 152 valence electrons. The van der Waals surface area contributed by atoms with Crippen molar-refractivity contribution in [2.45, 2.75) is 50.5 Å². The first kappa shape index (κ1) is 18.5. The Kier molecular flexibility index (Phi) is 4.92. The highest BCUT2D eigenvalue weighted by molar-refractivity contribution is 5.83. The highest BCUT2D eigenvalue weighted by atomic mass is 16.6. The molecule has 5 rings (SSSR count). The monoisotopic (exact) mass is 392 g/mol. The fourth-order valence-electron chi connectivity index (χ4n) is 4.56. The first-order valence-corrected chi connectivity index (χ1v) is 10.7. The Morgan fingerprint density at radius 1 is 0.966 bits per heavy atom. The summed E-state index contributed by atoms with van der Waals surface area (Å²) in [6, 6.07) is 18.9. The molecule has 2 aliphatic heterocycles. The van der Waals surface area contributed by atoms with Crippen molar-refractivity contribution in [3.8, 4) is 11.5 Å². The lowest BCUT2D eigenvalue weighted by Gasteiger charge is -2.44. The van der Waals surface area contributed by atoms with Crippen molar-refractivity contribution in [2.75, 3.05) is 19.6 Å². The minimum atomic E-state index is -0.601. The quantitative estimate of drug-likeness (QED) is 0.802. The molecule has 1 saturated carbocycles. The molecule has 2 aromatic carbocycles. The van der Waals surface area contributed by atoms with Crippen LogP contribution < -0.4 is 9.47 Å². The summed E-state index contributed by atoms with van der Waals surface area (Å²) >= 11 is 0. The van der Waals surface area contributed by atoms with Crippen molar-refractivity contribution in [1.29, 1.82) is 0 Å². The number of fused-ring (bicyclic) bond motifs is 1. The second kappa shape index (κ2) is 7.71. The number of hydrogen-bond donors (Lipinski definition) is 0. The number of rotatable bonds is 4. The predicted octanol–water partition coefficient (Wildman–Crippen LogP) is 3.13. The molecule has 3 unspecified atom stereocenters. The van der Waals surface area contributed by atoms with Crippen molar-refractivity contribution in [3.05, 3.63) is 60.2 Å².